The van der Waals surface area contributed by atoms with Gasteiger partial charge in [0.1, 0.15) is 18.5 Å². The number of rotatable bonds is 7. The molecule has 0 fully saturated rings. The Hall–Kier alpha value is -4.64. The first-order valence-corrected chi connectivity index (χ1v) is 9.69. The molecule has 0 aliphatic heterocycles. The van der Waals surface area contributed by atoms with Crippen molar-refractivity contribution in [2.75, 3.05) is 7.11 Å². The Morgan fingerprint density at radius 1 is 1.19 bits per heavy atom. The van der Waals surface area contributed by atoms with E-state index in [9.17, 15) is 15.4 Å². The molecule has 1 aromatic heterocycles. The summed E-state index contributed by atoms with van der Waals surface area (Å²) in [6.07, 6.45) is 1.52. The van der Waals surface area contributed by atoms with Gasteiger partial charge in [-0.2, -0.15) is 5.26 Å². The SMILES string of the molecule is COc1cc(/C=C(/C#N)c2nc3ccccc3[nH]2)cc([N+](=O)[O-])c1OCc1ccccc1. The third kappa shape index (κ3) is 4.27. The van der Waals surface area contributed by atoms with E-state index in [2.05, 4.69) is 16.0 Å². The number of nitrogens with one attached hydrogen (secondary N) is 1. The first kappa shape index (κ1) is 20.6. The lowest BCUT2D eigenvalue weighted by molar-refractivity contribution is -0.386. The van der Waals surface area contributed by atoms with Crippen molar-refractivity contribution in [1.82, 2.24) is 9.97 Å². The molecule has 8 nitrogen and oxygen atoms in total. The van der Waals surface area contributed by atoms with Gasteiger partial charge in [-0.1, -0.05) is 42.5 Å². The average molecular weight is 426 g/mol. The number of fused-ring (bicyclic) bond motifs is 1. The third-order valence-corrected chi connectivity index (χ3v) is 4.78. The largest absolute Gasteiger partial charge is 0.493 e. The van der Waals surface area contributed by atoms with Gasteiger partial charge in [0.05, 0.1) is 28.6 Å². The fourth-order valence-corrected chi connectivity index (χ4v) is 3.25. The fraction of sp³-hybridized carbons (Fsp3) is 0.0833. The minimum Gasteiger partial charge on any atom is -0.493 e. The zero-order valence-electron chi connectivity index (χ0n) is 17.1. The number of allylic oxidation sites excluding steroid dienone is 1. The van der Waals surface area contributed by atoms with E-state index in [4.69, 9.17) is 9.47 Å². The normalized spacial score (nSPS) is 11.2. The molecule has 8 heteroatoms. The van der Waals surface area contributed by atoms with E-state index in [0.717, 1.165) is 16.6 Å². The second-order valence-electron chi connectivity index (χ2n) is 6.88. The van der Waals surface area contributed by atoms with Crippen molar-refractivity contribution in [2.45, 2.75) is 6.61 Å². The molecule has 0 saturated carbocycles. The van der Waals surface area contributed by atoms with Crippen molar-refractivity contribution in [3.8, 4) is 17.6 Å². The Morgan fingerprint density at radius 2 is 1.94 bits per heavy atom. The second kappa shape index (κ2) is 9.02. The standard InChI is InChI=1S/C24H18N4O4/c1-31-22-13-17(11-18(14-25)24-26-19-9-5-6-10-20(19)27-24)12-21(28(29)30)23(22)32-15-16-7-3-2-4-8-16/h2-13H,15H2,1H3,(H,26,27)/b18-11-. The molecule has 0 spiro atoms. The Kier molecular flexibility index (Phi) is 5.81. The number of nitro groups is 1. The van der Waals surface area contributed by atoms with Gasteiger partial charge in [-0.3, -0.25) is 10.1 Å². The number of aromatic amines is 1. The number of nitro benzene ring substituents is 1. The molecular weight excluding hydrogens is 408 g/mol. The molecule has 1 heterocycles. The first-order valence-electron chi connectivity index (χ1n) is 9.69. The zero-order chi connectivity index (χ0) is 22.5. The van der Waals surface area contributed by atoms with E-state index >= 15 is 0 Å². The number of nitriles is 1. The Bertz CT molecular complexity index is 1320. The highest BCUT2D eigenvalue weighted by molar-refractivity contribution is 5.91. The van der Waals surface area contributed by atoms with Crippen molar-refractivity contribution in [2.24, 2.45) is 0 Å². The summed E-state index contributed by atoms with van der Waals surface area (Å²) in [5, 5.41) is 21.4. The highest BCUT2D eigenvalue weighted by atomic mass is 16.6. The summed E-state index contributed by atoms with van der Waals surface area (Å²) in [4.78, 5) is 18.7. The van der Waals surface area contributed by atoms with Gasteiger partial charge in [-0.15, -0.1) is 0 Å². The highest BCUT2D eigenvalue weighted by Gasteiger charge is 2.22. The molecule has 0 amide bonds. The average Bonchev–Trinajstić information content (AvgIpc) is 3.25. The van der Waals surface area contributed by atoms with Crippen LogP contribution in [0.15, 0.2) is 66.7 Å². The molecule has 0 bridgehead atoms. The van der Waals surface area contributed by atoms with Crippen molar-refractivity contribution >= 4 is 28.4 Å². The van der Waals surface area contributed by atoms with E-state index in [1.807, 2.05) is 54.6 Å². The van der Waals surface area contributed by atoms with Gasteiger partial charge >= 0.3 is 5.69 Å². The molecule has 32 heavy (non-hydrogen) atoms. The van der Waals surface area contributed by atoms with Gasteiger partial charge in [0.15, 0.2) is 5.75 Å². The van der Waals surface area contributed by atoms with Gasteiger partial charge in [0.2, 0.25) is 5.75 Å². The number of benzene rings is 3. The van der Waals surface area contributed by atoms with Crippen molar-refractivity contribution in [3.05, 3.63) is 93.8 Å². The molecule has 0 unspecified atom stereocenters. The monoisotopic (exact) mass is 426 g/mol. The number of methoxy groups -OCH3 is 1. The predicted octanol–water partition coefficient (Wildman–Crippen LogP) is 5.12. The number of hydrogen-bond acceptors (Lipinski definition) is 6. The number of ether oxygens (including phenoxy) is 2. The molecule has 0 saturated heterocycles. The van der Waals surface area contributed by atoms with Crippen LogP contribution >= 0.6 is 0 Å². The van der Waals surface area contributed by atoms with Crippen LogP contribution in [0, 0.1) is 21.4 Å². The zero-order valence-corrected chi connectivity index (χ0v) is 17.1. The number of imidazole rings is 1. The van der Waals surface area contributed by atoms with Crippen molar-refractivity contribution in [1.29, 1.82) is 5.26 Å². The molecule has 4 aromatic rings. The van der Waals surface area contributed by atoms with Crippen LogP contribution < -0.4 is 9.47 Å². The quantitative estimate of drug-likeness (QED) is 0.249. The molecule has 158 valence electrons. The van der Waals surface area contributed by atoms with Crippen molar-refractivity contribution < 1.29 is 14.4 Å². The van der Waals surface area contributed by atoms with E-state index in [1.54, 1.807) is 6.07 Å². The molecule has 4 rings (SSSR count). The summed E-state index contributed by atoms with van der Waals surface area (Å²) >= 11 is 0. The number of nitrogens with zero attached hydrogens (tertiary/aromatic N) is 3. The van der Waals surface area contributed by atoms with Gasteiger partial charge in [0.25, 0.3) is 0 Å². The number of H-pyrrole nitrogens is 1. The fourth-order valence-electron chi connectivity index (χ4n) is 3.25. The summed E-state index contributed by atoms with van der Waals surface area (Å²) in [5.74, 6) is 0.601. The predicted molar refractivity (Wildman–Crippen MR) is 120 cm³/mol. The maximum absolute atomic E-state index is 11.8. The maximum Gasteiger partial charge on any atom is 0.315 e. The summed E-state index contributed by atoms with van der Waals surface area (Å²) in [5.41, 5.74) is 2.76. The van der Waals surface area contributed by atoms with Gasteiger partial charge in [-0.25, -0.2) is 4.98 Å². The second-order valence-corrected chi connectivity index (χ2v) is 6.88. The third-order valence-electron chi connectivity index (χ3n) is 4.78. The minimum atomic E-state index is -0.534. The van der Waals surface area contributed by atoms with E-state index in [1.165, 1.54) is 19.3 Å². The Morgan fingerprint density at radius 3 is 2.62 bits per heavy atom. The summed E-state index contributed by atoms with van der Waals surface area (Å²) in [7, 11) is 1.41. The summed E-state index contributed by atoms with van der Waals surface area (Å²) in [6, 6.07) is 21.8. The van der Waals surface area contributed by atoms with Crippen LogP contribution in [-0.4, -0.2) is 22.0 Å². The van der Waals surface area contributed by atoms with Crippen molar-refractivity contribution in [3.63, 3.8) is 0 Å². The Labute approximate surface area is 183 Å². The van der Waals surface area contributed by atoms with Crippen LogP contribution in [0.3, 0.4) is 0 Å². The highest BCUT2D eigenvalue weighted by Crippen LogP contribution is 2.39. The topological polar surface area (TPSA) is 114 Å². The van der Waals surface area contributed by atoms with Gasteiger partial charge < -0.3 is 14.5 Å². The molecule has 0 atom stereocenters. The number of para-hydroxylation sites is 2. The lowest BCUT2D eigenvalue weighted by atomic mass is 10.1. The van der Waals surface area contributed by atoms with Crippen LogP contribution in [0.25, 0.3) is 22.7 Å². The van der Waals surface area contributed by atoms with Crippen LogP contribution in [0.1, 0.15) is 17.0 Å². The van der Waals surface area contributed by atoms with Crippen LogP contribution in [0.5, 0.6) is 11.5 Å². The smallest absolute Gasteiger partial charge is 0.315 e. The molecule has 0 aliphatic carbocycles. The van der Waals surface area contributed by atoms with E-state index < -0.39 is 4.92 Å². The van der Waals surface area contributed by atoms with Crippen LogP contribution in [0.4, 0.5) is 5.69 Å². The van der Waals surface area contributed by atoms with E-state index in [0.29, 0.717) is 11.4 Å². The maximum atomic E-state index is 11.8. The molecular formula is C24H18N4O4. The lowest BCUT2D eigenvalue weighted by Gasteiger charge is -2.12. The molecule has 3 aromatic carbocycles. The molecule has 0 aliphatic rings. The summed E-state index contributed by atoms with van der Waals surface area (Å²) < 4.78 is 11.1. The lowest BCUT2D eigenvalue weighted by Crippen LogP contribution is -2.02. The van der Waals surface area contributed by atoms with Gasteiger partial charge in [0, 0.05) is 6.07 Å². The summed E-state index contributed by atoms with van der Waals surface area (Å²) in [6.45, 7) is 0.148. The van der Waals surface area contributed by atoms with Gasteiger partial charge in [-0.05, 0) is 35.4 Å². The number of hydrogen-bond donors (Lipinski definition) is 1. The first-order chi connectivity index (χ1) is 15.6. The Balaban J connectivity index is 1.73. The molecule has 0 radical (unpaired) electrons. The van der Waals surface area contributed by atoms with Crippen LogP contribution in [-0.2, 0) is 6.61 Å². The minimum absolute atomic E-state index is 0.0285. The van der Waals surface area contributed by atoms with Crippen LogP contribution in [0.2, 0.25) is 0 Å². The van der Waals surface area contributed by atoms with E-state index in [-0.39, 0.29) is 29.4 Å². The molecule has 1 N–H and O–H groups in total. The number of aromatic nitrogens is 2.